The molecule has 0 spiro atoms. The molecule has 0 aliphatic carbocycles. The van der Waals surface area contributed by atoms with Crippen LogP contribution in [0, 0.1) is 6.92 Å². The molecule has 1 unspecified atom stereocenters. The first-order valence-electron chi connectivity index (χ1n) is 8.94. The summed E-state index contributed by atoms with van der Waals surface area (Å²) >= 11 is 1.21. The van der Waals surface area contributed by atoms with Gasteiger partial charge in [0.15, 0.2) is 11.0 Å². The van der Waals surface area contributed by atoms with Crippen molar-refractivity contribution in [3.8, 4) is 0 Å². The molecule has 0 fully saturated rings. The molecule has 1 N–H and O–H groups in total. The quantitative estimate of drug-likeness (QED) is 0.401. The highest BCUT2D eigenvalue weighted by Gasteiger charge is 2.25. The molecule has 1 atom stereocenters. The van der Waals surface area contributed by atoms with Gasteiger partial charge in [0.1, 0.15) is 11.0 Å². The van der Waals surface area contributed by atoms with Gasteiger partial charge in [-0.1, -0.05) is 59.4 Å². The van der Waals surface area contributed by atoms with E-state index < -0.39 is 5.25 Å². The van der Waals surface area contributed by atoms with Gasteiger partial charge in [0.05, 0.1) is 10.9 Å². The van der Waals surface area contributed by atoms with Crippen LogP contribution >= 0.6 is 11.8 Å². The van der Waals surface area contributed by atoms with Crippen LogP contribution in [0.25, 0.3) is 10.9 Å². The first-order valence-corrected chi connectivity index (χ1v) is 9.82. The van der Waals surface area contributed by atoms with E-state index in [2.05, 4.69) is 15.5 Å². The molecule has 1 amide bonds. The Morgan fingerprint density at radius 3 is 2.59 bits per heavy atom. The summed E-state index contributed by atoms with van der Waals surface area (Å²) in [5.41, 5.74) is 1.23. The molecule has 29 heavy (non-hydrogen) atoms. The van der Waals surface area contributed by atoms with Gasteiger partial charge in [-0.25, -0.2) is 4.98 Å². The Bertz CT molecular complexity index is 1230. The summed E-state index contributed by atoms with van der Waals surface area (Å²) in [6.45, 7) is 1.75. The van der Waals surface area contributed by atoms with Crippen molar-refractivity contribution < 1.29 is 9.32 Å². The first kappa shape index (κ1) is 18.9. The molecule has 0 radical (unpaired) electrons. The zero-order valence-electron chi connectivity index (χ0n) is 15.8. The van der Waals surface area contributed by atoms with Crippen LogP contribution in [0.4, 0.5) is 5.82 Å². The summed E-state index contributed by atoms with van der Waals surface area (Å²) in [7, 11) is 1.66. The monoisotopic (exact) mass is 406 g/mol. The van der Waals surface area contributed by atoms with E-state index in [0.29, 0.717) is 27.6 Å². The van der Waals surface area contributed by atoms with Gasteiger partial charge in [-0.2, -0.15) is 0 Å². The van der Waals surface area contributed by atoms with E-state index in [9.17, 15) is 9.59 Å². The zero-order valence-corrected chi connectivity index (χ0v) is 16.6. The molecule has 4 aromatic rings. The number of aryl methyl sites for hydroxylation is 1. The van der Waals surface area contributed by atoms with Crippen LogP contribution in [-0.2, 0) is 11.8 Å². The highest BCUT2D eigenvalue weighted by molar-refractivity contribution is 8.00. The number of rotatable bonds is 5. The Morgan fingerprint density at radius 1 is 1.14 bits per heavy atom. The highest BCUT2D eigenvalue weighted by atomic mass is 32.2. The fraction of sp³-hybridized carbons (Fsp3) is 0.143. The smallest absolute Gasteiger partial charge is 0.261 e. The lowest BCUT2D eigenvalue weighted by atomic mass is 10.1. The van der Waals surface area contributed by atoms with Crippen molar-refractivity contribution in [1.29, 1.82) is 0 Å². The number of hydrogen-bond acceptors (Lipinski definition) is 6. The Balaban J connectivity index is 1.72. The summed E-state index contributed by atoms with van der Waals surface area (Å²) in [5, 5.41) is 6.96. The first-order chi connectivity index (χ1) is 14.0. The van der Waals surface area contributed by atoms with Gasteiger partial charge in [0.2, 0.25) is 5.91 Å². The predicted octanol–water partition coefficient (Wildman–Crippen LogP) is 3.70. The van der Waals surface area contributed by atoms with E-state index in [1.165, 1.54) is 16.3 Å². The average Bonchev–Trinajstić information content (AvgIpc) is 3.14. The lowest BCUT2D eigenvalue weighted by molar-refractivity contribution is -0.115. The summed E-state index contributed by atoms with van der Waals surface area (Å²) in [6, 6.07) is 18.2. The van der Waals surface area contributed by atoms with Gasteiger partial charge in [0, 0.05) is 13.1 Å². The Hall–Kier alpha value is -3.39. The lowest BCUT2D eigenvalue weighted by Gasteiger charge is -2.17. The fourth-order valence-corrected chi connectivity index (χ4v) is 3.99. The number of hydrogen-bond donors (Lipinski definition) is 1. The van der Waals surface area contributed by atoms with Gasteiger partial charge in [-0.3, -0.25) is 14.2 Å². The average molecular weight is 406 g/mol. The number of carbonyl (C=O) groups is 1. The minimum Gasteiger partial charge on any atom is -0.360 e. The number of benzene rings is 2. The molecule has 8 heteroatoms. The van der Waals surface area contributed by atoms with Crippen LogP contribution < -0.4 is 10.9 Å². The molecule has 0 bridgehead atoms. The molecule has 2 heterocycles. The van der Waals surface area contributed by atoms with Gasteiger partial charge in [-0.05, 0) is 24.6 Å². The predicted molar refractivity (Wildman–Crippen MR) is 112 cm³/mol. The molecule has 0 saturated carbocycles. The minimum atomic E-state index is -0.632. The number of nitrogens with zero attached hydrogens (tertiary/aromatic N) is 3. The van der Waals surface area contributed by atoms with Gasteiger partial charge in [-0.15, -0.1) is 0 Å². The third kappa shape index (κ3) is 3.93. The number of anilines is 1. The van der Waals surface area contributed by atoms with Gasteiger partial charge < -0.3 is 9.84 Å². The molecular formula is C21H18N4O3S. The Kier molecular flexibility index (Phi) is 5.18. The lowest BCUT2D eigenvalue weighted by Crippen LogP contribution is -2.23. The van der Waals surface area contributed by atoms with Crippen LogP contribution in [0.5, 0.6) is 0 Å². The number of amides is 1. The van der Waals surface area contributed by atoms with Crippen molar-refractivity contribution in [3.05, 3.63) is 82.3 Å². The van der Waals surface area contributed by atoms with Crippen LogP contribution in [0.3, 0.4) is 0 Å². The zero-order chi connectivity index (χ0) is 20.4. The third-order valence-corrected chi connectivity index (χ3v) is 5.68. The number of aromatic nitrogens is 3. The second-order valence-corrected chi connectivity index (χ2v) is 7.57. The summed E-state index contributed by atoms with van der Waals surface area (Å²) in [6.07, 6.45) is 0. The molecule has 2 aromatic carbocycles. The Labute approximate surface area is 170 Å². The molecule has 7 nitrogen and oxygen atoms in total. The van der Waals surface area contributed by atoms with Crippen molar-refractivity contribution in [3.63, 3.8) is 0 Å². The summed E-state index contributed by atoms with van der Waals surface area (Å²) in [5.74, 6) is 0.661. The molecule has 146 valence electrons. The molecule has 4 rings (SSSR count). The molecule has 0 aliphatic heterocycles. The Morgan fingerprint density at radius 2 is 1.86 bits per heavy atom. The fourth-order valence-electron chi connectivity index (χ4n) is 2.93. The van der Waals surface area contributed by atoms with Crippen LogP contribution in [-0.4, -0.2) is 20.6 Å². The second-order valence-electron chi connectivity index (χ2n) is 6.50. The largest absolute Gasteiger partial charge is 0.360 e. The number of fused-ring (bicyclic) bond motifs is 1. The van der Waals surface area contributed by atoms with E-state index in [1.807, 2.05) is 36.4 Å². The number of nitrogens with one attached hydrogen (secondary N) is 1. The van der Waals surface area contributed by atoms with Crippen LogP contribution in [0.15, 0.2) is 75.1 Å². The van der Waals surface area contributed by atoms with Gasteiger partial charge in [0.25, 0.3) is 5.56 Å². The minimum absolute atomic E-state index is 0.155. The van der Waals surface area contributed by atoms with E-state index in [4.69, 9.17) is 4.52 Å². The van der Waals surface area contributed by atoms with E-state index in [-0.39, 0.29) is 11.5 Å². The maximum absolute atomic E-state index is 13.1. The molecule has 0 aliphatic rings. The molecular weight excluding hydrogens is 388 g/mol. The maximum atomic E-state index is 13.1. The highest BCUT2D eigenvalue weighted by Crippen LogP contribution is 2.35. The van der Waals surface area contributed by atoms with Crippen molar-refractivity contribution in [1.82, 2.24) is 14.7 Å². The van der Waals surface area contributed by atoms with Crippen molar-refractivity contribution in [2.45, 2.75) is 17.3 Å². The normalized spacial score (nSPS) is 12.1. The van der Waals surface area contributed by atoms with E-state index in [0.717, 1.165) is 5.56 Å². The van der Waals surface area contributed by atoms with Crippen molar-refractivity contribution in [2.24, 2.45) is 7.05 Å². The second kappa shape index (κ2) is 7.92. The summed E-state index contributed by atoms with van der Waals surface area (Å²) < 4.78 is 6.49. The number of carbonyl (C=O) groups excluding carboxylic acids is 1. The summed E-state index contributed by atoms with van der Waals surface area (Å²) in [4.78, 5) is 30.4. The molecule has 0 saturated heterocycles. The van der Waals surface area contributed by atoms with E-state index >= 15 is 0 Å². The number of thioether (sulfide) groups is 1. The van der Waals surface area contributed by atoms with Crippen LogP contribution in [0.2, 0.25) is 0 Å². The van der Waals surface area contributed by atoms with Crippen molar-refractivity contribution in [2.75, 3.05) is 5.32 Å². The topological polar surface area (TPSA) is 90.0 Å². The maximum Gasteiger partial charge on any atom is 0.261 e. The van der Waals surface area contributed by atoms with E-state index in [1.54, 1.807) is 38.2 Å². The van der Waals surface area contributed by atoms with Crippen molar-refractivity contribution >= 4 is 34.4 Å². The standard InChI is InChI=1S/C21H18N4O3S/c1-13-12-17(24-28-13)23-19(26)18(14-8-4-3-5-9-14)29-21-22-16-11-7-6-10-15(16)20(27)25(21)2/h3-12,18H,1-2H3,(H,23,24,26). The SMILES string of the molecule is Cc1cc(NC(=O)C(Sc2nc3ccccc3c(=O)n2C)c2ccccc2)no1. The number of para-hydroxylation sites is 1. The molecule has 2 aromatic heterocycles. The van der Waals surface area contributed by atoms with Gasteiger partial charge >= 0.3 is 0 Å². The van der Waals surface area contributed by atoms with Crippen LogP contribution in [0.1, 0.15) is 16.6 Å². The third-order valence-electron chi connectivity index (χ3n) is 4.39.